The van der Waals surface area contributed by atoms with E-state index in [1.165, 1.54) is 12.1 Å². The second-order valence-corrected chi connectivity index (χ2v) is 3.82. The third kappa shape index (κ3) is 3.87. The third-order valence-electron chi connectivity index (χ3n) is 1.96. The molecule has 0 heterocycles. The van der Waals surface area contributed by atoms with E-state index in [1.54, 1.807) is 18.2 Å². The quantitative estimate of drug-likeness (QED) is 0.859. The predicted molar refractivity (Wildman–Crippen MR) is 58.2 cm³/mol. The largest absolute Gasteiger partial charge is 0.407 e. The fraction of sp³-hybridized carbons (Fsp3) is 0.273. The van der Waals surface area contributed by atoms with E-state index < -0.39 is 12.2 Å². The first-order valence-corrected chi connectivity index (χ1v) is 4.97. The molecule has 5 heteroatoms. The summed E-state index contributed by atoms with van der Waals surface area (Å²) in [6, 6.07) is 5.90. The summed E-state index contributed by atoms with van der Waals surface area (Å²) in [7, 11) is 0. The fourth-order valence-corrected chi connectivity index (χ4v) is 1.36. The van der Waals surface area contributed by atoms with Gasteiger partial charge in [-0.2, -0.15) is 13.2 Å². The average molecular weight is 250 g/mol. The highest BCUT2D eigenvalue weighted by molar-refractivity contribution is 6.29. The van der Waals surface area contributed by atoms with Crippen molar-refractivity contribution in [3.63, 3.8) is 0 Å². The number of hydrogen-bond donors (Lipinski definition) is 1. The number of benzene rings is 1. The molecule has 1 rings (SSSR count). The van der Waals surface area contributed by atoms with E-state index in [1.807, 2.05) is 0 Å². The molecule has 1 nitrogen and oxygen atoms in total. The van der Waals surface area contributed by atoms with Crippen molar-refractivity contribution in [3.8, 4) is 0 Å². The van der Waals surface area contributed by atoms with Crippen molar-refractivity contribution in [1.29, 1.82) is 0 Å². The molecule has 0 aliphatic heterocycles. The van der Waals surface area contributed by atoms with E-state index in [-0.39, 0.29) is 17.1 Å². The zero-order valence-electron chi connectivity index (χ0n) is 8.39. The monoisotopic (exact) mass is 249 g/mol. The maximum Gasteiger partial charge on any atom is 0.407 e. The van der Waals surface area contributed by atoms with Crippen LogP contribution in [0.4, 0.5) is 13.2 Å². The molecule has 88 valence electrons. The van der Waals surface area contributed by atoms with Gasteiger partial charge in [0.1, 0.15) is 6.04 Å². The molecule has 0 amide bonds. The topological polar surface area (TPSA) is 12.0 Å². The Morgan fingerprint density at radius 3 is 2.31 bits per heavy atom. The molecule has 0 radical (unpaired) electrons. The molecule has 1 unspecified atom stereocenters. The highest BCUT2D eigenvalue weighted by Gasteiger charge is 2.40. The number of halogens is 4. The highest BCUT2D eigenvalue weighted by atomic mass is 35.5. The van der Waals surface area contributed by atoms with Gasteiger partial charge in [-0.1, -0.05) is 48.5 Å². The SMILES string of the molecule is C=C(Cl)CNC(c1ccccc1)C(F)(F)F. The maximum atomic E-state index is 12.7. The third-order valence-corrected chi connectivity index (χ3v) is 2.09. The standard InChI is InChI=1S/C11H11ClF3N/c1-8(12)7-16-10(11(13,14)15)9-5-3-2-4-6-9/h2-6,10,16H,1,7H2. The molecule has 0 aliphatic carbocycles. The number of rotatable bonds is 4. The van der Waals surface area contributed by atoms with Crippen LogP contribution in [0, 0.1) is 0 Å². The van der Waals surface area contributed by atoms with Crippen LogP contribution >= 0.6 is 11.6 Å². The van der Waals surface area contributed by atoms with E-state index in [0.717, 1.165) is 0 Å². The lowest BCUT2D eigenvalue weighted by Crippen LogP contribution is -2.34. The smallest absolute Gasteiger partial charge is 0.297 e. The van der Waals surface area contributed by atoms with Crippen LogP contribution in [-0.4, -0.2) is 12.7 Å². The Labute approximate surface area is 96.9 Å². The van der Waals surface area contributed by atoms with E-state index in [2.05, 4.69) is 11.9 Å². The molecule has 1 atom stereocenters. The fourth-order valence-electron chi connectivity index (χ4n) is 1.28. The van der Waals surface area contributed by atoms with Crippen molar-refractivity contribution in [1.82, 2.24) is 5.32 Å². The Hall–Kier alpha value is -1.00. The van der Waals surface area contributed by atoms with Crippen LogP contribution in [0.15, 0.2) is 41.9 Å². The number of nitrogens with one attached hydrogen (secondary N) is 1. The normalized spacial score (nSPS) is 13.5. The summed E-state index contributed by atoms with van der Waals surface area (Å²) in [4.78, 5) is 0. The van der Waals surface area contributed by atoms with Gasteiger partial charge < -0.3 is 0 Å². The molecule has 1 aromatic rings. The Morgan fingerprint density at radius 2 is 1.88 bits per heavy atom. The second-order valence-electron chi connectivity index (χ2n) is 3.28. The van der Waals surface area contributed by atoms with Crippen molar-refractivity contribution in [2.45, 2.75) is 12.2 Å². The molecule has 1 aromatic carbocycles. The van der Waals surface area contributed by atoms with Gasteiger partial charge in [-0.15, -0.1) is 0 Å². The van der Waals surface area contributed by atoms with Crippen LogP contribution in [0.2, 0.25) is 0 Å². The first kappa shape index (κ1) is 13.1. The minimum absolute atomic E-state index is 0.0827. The van der Waals surface area contributed by atoms with Gasteiger partial charge in [0.2, 0.25) is 0 Å². The van der Waals surface area contributed by atoms with Gasteiger partial charge in [0.15, 0.2) is 0 Å². The van der Waals surface area contributed by atoms with Crippen molar-refractivity contribution < 1.29 is 13.2 Å². The van der Waals surface area contributed by atoms with Crippen LogP contribution in [-0.2, 0) is 0 Å². The summed E-state index contributed by atoms with van der Waals surface area (Å²) < 4.78 is 38.2. The van der Waals surface area contributed by atoms with E-state index >= 15 is 0 Å². The minimum atomic E-state index is -4.35. The lowest BCUT2D eigenvalue weighted by molar-refractivity contribution is -0.157. The van der Waals surface area contributed by atoms with Crippen molar-refractivity contribution in [2.75, 3.05) is 6.54 Å². The molecule has 0 aromatic heterocycles. The minimum Gasteiger partial charge on any atom is -0.297 e. The highest BCUT2D eigenvalue weighted by Crippen LogP contribution is 2.32. The predicted octanol–water partition coefficient (Wildman–Crippen LogP) is 3.63. The molecule has 0 saturated carbocycles. The van der Waals surface area contributed by atoms with Gasteiger partial charge in [0.25, 0.3) is 0 Å². The maximum absolute atomic E-state index is 12.7. The van der Waals surface area contributed by atoms with E-state index in [4.69, 9.17) is 11.6 Å². The number of hydrogen-bond acceptors (Lipinski definition) is 1. The van der Waals surface area contributed by atoms with Gasteiger partial charge >= 0.3 is 6.18 Å². The Morgan fingerprint density at radius 1 is 1.31 bits per heavy atom. The van der Waals surface area contributed by atoms with E-state index in [9.17, 15) is 13.2 Å². The Bertz CT molecular complexity index is 348. The van der Waals surface area contributed by atoms with Crippen LogP contribution in [0.3, 0.4) is 0 Å². The lowest BCUT2D eigenvalue weighted by Gasteiger charge is -2.21. The zero-order chi connectivity index (χ0) is 12.2. The molecule has 16 heavy (non-hydrogen) atoms. The summed E-state index contributed by atoms with van der Waals surface area (Å²) in [6.07, 6.45) is -4.35. The zero-order valence-corrected chi connectivity index (χ0v) is 9.15. The summed E-state index contributed by atoms with van der Waals surface area (Å²) in [5.41, 5.74) is 0.160. The molecule has 1 N–H and O–H groups in total. The molecular weight excluding hydrogens is 239 g/mol. The Kier molecular flexibility index (Phi) is 4.38. The second kappa shape index (κ2) is 5.37. The molecular formula is C11H11ClF3N. The lowest BCUT2D eigenvalue weighted by atomic mass is 10.1. The molecule has 0 aliphatic rings. The summed E-state index contributed by atoms with van der Waals surface area (Å²) in [6.45, 7) is 3.26. The molecule has 0 saturated heterocycles. The Balaban J connectivity index is 2.84. The number of alkyl halides is 3. The summed E-state index contributed by atoms with van der Waals surface area (Å²) in [5, 5.41) is 2.46. The van der Waals surface area contributed by atoms with Gasteiger partial charge in [-0.05, 0) is 5.56 Å². The molecule has 0 fully saturated rings. The first-order chi connectivity index (χ1) is 7.41. The first-order valence-electron chi connectivity index (χ1n) is 4.59. The van der Waals surface area contributed by atoms with Crippen LogP contribution < -0.4 is 5.32 Å². The molecule has 0 spiro atoms. The van der Waals surface area contributed by atoms with Gasteiger partial charge in [0, 0.05) is 11.6 Å². The average Bonchev–Trinajstić information content (AvgIpc) is 2.17. The van der Waals surface area contributed by atoms with Crippen molar-refractivity contribution >= 4 is 11.6 Å². The summed E-state index contributed by atoms with van der Waals surface area (Å²) in [5.74, 6) is 0. The van der Waals surface area contributed by atoms with Crippen LogP contribution in [0.1, 0.15) is 11.6 Å². The van der Waals surface area contributed by atoms with Crippen LogP contribution in [0.25, 0.3) is 0 Å². The van der Waals surface area contributed by atoms with Crippen molar-refractivity contribution in [2.24, 2.45) is 0 Å². The van der Waals surface area contributed by atoms with E-state index in [0.29, 0.717) is 0 Å². The van der Waals surface area contributed by atoms with Gasteiger partial charge in [-0.3, -0.25) is 5.32 Å². The summed E-state index contributed by atoms with van der Waals surface area (Å²) >= 11 is 5.44. The molecule has 0 bridgehead atoms. The van der Waals surface area contributed by atoms with Gasteiger partial charge in [-0.25, -0.2) is 0 Å². The van der Waals surface area contributed by atoms with Gasteiger partial charge in [0.05, 0.1) is 0 Å². The van der Waals surface area contributed by atoms with Crippen molar-refractivity contribution in [3.05, 3.63) is 47.5 Å². The van der Waals surface area contributed by atoms with Crippen LogP contribution in [0.5, 0.6) is 0 Å².